The standard InChI is InChI=1S/C12H24N4S/c1-5-10(6-2)12(16(3)4)8-13-7-11-9-17-15-14-11/h9-10,12-13H,5-8H2,1-4H3. The summed E-state index contributed by atoms with van der Waals surface area (Å²) in [6.07, 6.45) is 2.47. The van der Waals surface area contributed by atoms with Crippen molar-refractivity contribution in [2.45, 2.75) is 39.3 Å². The molecule has 1 aromatic rings. The van der Waals surface area contributed by atoms with Crippen molar-refractivity contribution in [2.75, 3.05) is 20.6 Å². The SMILES string of the molecule is CCC(CC)C(CNCc1csnn1)N(C)C. The summed E-state index contributed by atoms with van der Waals surface area (Å²) in [7, 11) is 4.32. The van der Waals surface area contributed by atoms with Gasteiger partial charge in [0.25, 0.3) is 0 Å². The Kier molecular flexibility index (Phi) is 6.62. The van der Waals surface area contributed by atoms with Crippen LogP contribution in [0.2, 0.25) is 0 Å². The van der Waals surface area contributed by atoms with Crippen LogP contribution in [0.5, 0.6) is 0 Å². The lowest BCUT2D eigenvalue weighted by Gasteiger charge is -2.31. The second kappa shape index (κ2) is 7.74. The minimum absolute atomic E-state index is 0.594. The van der Waals surface area contributed by atoms with E-state index >= 15 is 0 Å². The molecular weight excluding hydrogens is 232 g/mol. The molecule has 1 heterocycles. The van der Waals surface area contributed by atoms with E-state index in [9.17, 15) is 0 Å². The van der Waals surface area contributed by atoms with Crippen LogP contribution in [0.25, 0.3) is 0 Å². The minimum Gasteiger partial charge on any atom is -0.310 e. The van der Waals surface area contributed by atoms with Crippen LogP contribution in [0.15, 0.2) is 5.38 Å². The molecule has 0 saturated heterocycles. The number of nitrogens with zero attached hydrogens (tertiary/aromatic N) is 3. The average molecular weight is 256 g/mol. The zero-order valence-corrected chi connectivity index (χ0v) is 12.1. The van der Waals surface area contributed by atoms with Crippen LogP contribution in [-0.2, 0) is 6.54 Å². The van der Waals surface area contributed by atoms with Crippen molar-refractivity contribution >= 4 is 11.5 Å². The number of aromatic nitrogens is 2. The monoisotopic (exact) mass is 256 g/mol. The molecule has 17 heavy (non-hydrogen) atoms. The first-order chi connectivity index (χ1) is 8.19. The molecule has 1 rings (SSSR count). The Balaban J connectivity index is 2.39. The molecule has 1 N–H and O–H groups in total. The molecule has 98 valence electrons. The topological polar surface area (TPSA) is 41.1 Å². The summed E-state index contributed by atoms with van der Waals surface area (Å²) in [5, 5.41) is 9.51. The van der Waals surface area contributed by atoms with Crippen LogP contribution in [0.4, 0.5) is 0 Å². The average Bonchev–Trinajstić information content (AvgIpc) is 2.81. The zero-order chi connectivity index (χ0) is 12.7. The maximum absolute atomic E-state index is 4.04. The first-order valence-corrected chi connectivity index (χ1v) is 7.15. The Morgan fingerprint density at radius 1 is 1.35 bits per heavy atom. The van der Waals surface area contributed by atoms with Gasteiger partial charge in [0.05, 0.1) is 5.69 Å². The van der Waals surface area contributed by atoms with E-state index in [1.54, 1.807) is 0 Å². The molecule has 0 aliphatic carbocycles. The third kappa shape index (κ3) is 4.69. The summed E-state index contributed by atoms with van der Waals surface area (Å²) < 4.78 is 3.86. The number of rotatable bonds is 8. The summed E-state index contributed by atoms with van der Waals surface area (Å²) >= 11 is 1.41. The van der Waals surface area contributed by atoms with Gasteiger partial charge in [-0.25, -0.2) is 0 Å². The molecule has 0 radical (unpaired) electrons. The van der Waals surface area contributed by atoms with Crippen molar-refractivity contribution in [3.8, 4) is 0 Å². The second-order valence-corrected chi connectivity index (χ2v) is 5.24. The summed E-state index contributed by atoms with van der Waals surface area (Å²) in [5.74, 6) is 0.756. The lowest BCUT2D eigenvalue weighted by atomic mass is 9.93. The van der Waals surface area contributed by atoms with Crippen LogP contribution in [0.3, 0.4) is 0 Å². The van der Waals surface area contributed by atoms with Crippen molar-refractivity contribution in [3.63, 3.8) is 0 Å². The van der Waals surface area contributed by atoms with E-state index in [1.807, 2.05) is 5.38 Å². The highest BCUT2D eigenvalue weighted by molar-refractivity contribution is 7.03. The quantitative estimate of drug-likeness (QED) is 0.772. The highest BCUT2D eigenvalue weighted by Crippen LogP contribution is 2.16. The maximum atomic E-state index is 4.04. The normalized spacial score (nSPS) is 13.5. The van der Waals surface area contributed by atoms with Crippen molar-refractivity contribution in [3.05, 3.63) is 11.1 Å². The third-order valence-electron chi connectivity index (χ3n) is 3.32. The molecule has 0 aliphatic rings. The molecule has 0 saturated carbocycles. The van der Waals surface area contributed by atoms with Gasteiger partial charge in [0.2, 0.25) is 0 Å². The Hall–Kier alpha value is -0.520. The Morgan fingerprint density at radius 2 is 2.06 bits per heavy atom. The van der Waals surface area contributed by atoms with Crippen molar-refractivity contribution in [1.29, 1.82) is 0 Å². The van der Waals surface area contributed by atoms with E-state index in [2.05, 4.69) is 47.7 Å². The van der Waals surface area contributed by atoms with Gasteiger partial charge in [-0.15, -0.1) is 5.10 Å². The van der Waals surface area contributed by atoms with Gasteiger partial charge >= 0.3 is 0 Å². The lowest BCUT2D eigenvalue weighted by Crippen LogP contribution is -2.42. The van der Waals surface area contributed by atoms with E-state index in [1.165, 1.54) is 24.4 Å². The van der Waals surface area contributed by atoms with Crippen LogP contribution in [-0.4, -0.2) is 41.2 Å². The zero-order valence-electron chi connectivity index (χ0n) is 11.3. The van der Waals surface area contributed by atoms with Gasteiger partial charge in [-0.05, 0) is 31.5 Å². The minimum atomic E-state index is 0.594. The molecule has 0 spiro atoms. The number of hydrogen-bond acceptors (Lipinski definition) is 5. The molecule has 1 atom stereocenters. The Labute approximate surface area is 109 Å². The van der Waals surface area contributed by atoms with Gasteiger partial charge in [-0.3, -0.25) is 0 Å². The van der Waals surface area contributed by atoms with Crippen LogP contribution in [0, 0.1) is 5.92 Å². The fourth-order valence-electron chi connectivity index (χ4n) is 2.21. The lowest BCUT2D eigenvalue weighted by molar-refractivity contribution is 0.193. The molecule has 1 unspecified atom stereocenters. The maximum Gasteiger partial charge on any atom is 0.0893 e. The number of hydrogen-bond donors (Lipinski definition) is 1. The molecular formula is C12H24N4S. The van der Waals surface area contributed by atoms with Crippen LogP contribution in [0.1, 0.15) is 32.4 Å². The number of nitrogens with one attached hydrogen (secondary N) is 1. The van der Waals surface area contributed by atoms with Gasteiger partial charge in [-0.2, -0.15) is 0 Å². The molecule has 1 aromatic heterocycles. The highest BCUT2D eigenvalue weighted by Gasteiger charge is 2.19. The van der Waals surface area contributed by atoms with E-state index in [4.69, 9.17) is 0 Å². The highest BCUT2D eigenvalue weighted by atomic mass is 32.1. The van der Waals surface area contributed by atoms with Crippen molar-refractivity contribution in [2.24, 2.45) is 5.92 Å². The van der Waals surface area contributed by atoms with Crippen LogP contribution >= 0.6 is 11.5 Å². The van der Waals surface area contributed by atoms with E-state index < -0.39 is 0 Å². The summed E-state index contributed by atoms with van der Waals surface area (Å²) in [6, 6.07) is 0.594. The van der Waals surface area contributed by atoms with Gasteiger partial charge in [0, 0.05) is 24.5 Å². The second-order valence-electron chi connectivity index (χ2n) is 4.63. The summed E-state index contributed by atoms with van der Waals surface area (Å²) in [4.78, 5) is 2.32. The largest absolute Gasteiger partial charge is 0.310 e. The third-order valence-corrected chi connectivity index (χ3v) is 3.87. The first-order valence-electron chi connectivity index (χ1n) is 6.32. The van der Waals surface area contributed by atoms with Gasteiger partial charge in [0.1, 0.15) is 0 Å². The van der Waals surface area contributed by atoms with Crippen molar-refractivity contribution in [1.82, 2.24) is 19.8 Å². The summed E-state index contributed by atoms with van der Waals surface area (Å²) in [6.45, 7) is 6.38. The molecule has 0 aliphatic heterocycles. The van der Waals surface area contributed by atoms with E-state index in [0.29, 0.717) is 6.04 Å². The predicted molar refractivity (Wildman–Crippen MR) is 73.2 cm³/mol. The molecule has 0 aromatic carbocycles. The smallest absolute Gasteiger partial charge is 0.0893 e. The Bertz CT molecular complexity index is 283. The Morgan fingerprint density at radius 3 is 2.53 bits per heavy atom. The molecule has 0 amide bonds. The van der Waals surface area contributed by atoms with E-state index in [0.717, 1.165) is 24.7 Å². The number of likely N-dealkylation sites (N-methyl/N-ethyl adjacent to an activating group) is 1. The molecule has 0 fully saturated rings. The first kappa shape index (κ1) is 14.5. The fourth-order valence-corrected chi connectivity index (χ4v) is 2.66. The molecule has 0 bridgehead atoms. The van der Waals surface area contributed by atoms with Gasteiger partial charge < -0.3 is 10.2 Å². The molecule has 5 heteroatoms. The summed E-state index contributed by atoms with van der Waals surface area (Å²) in [5.41, 5.74) is 1.04. The van der Waals surface area contributed by atoms with Crippen molar-refractivity contribution < 1.29 is 0 Å². The molecule has 4 nitrogen and oxygen atoms in total. The van der Waals surface area contributed by atoms with Gasteiger partial charge in [-0.1, -0.05) is 31.2 Å². The predicted octanol–water partition coefficient (Wildman–Crippen LogP) is 1.99. The van der Waals surface area contributed by atoms with Crippen LogP contribution < -0.4 is 5.32 Å². The van der Waals surface area contributed by atoms with E-state index in [-0.39, 0.29) is 0 Å². The fraction of sp³-hybridized carbons (Fsp3) is 0.833. The van der Waals surface area contributed by atoms with Gasteiger partial charge in [0.15, 0.2) is 0 Å².